The molecule has 1 fully saturated rings. The molecule has 0 saturated carbocycles. The number of halogens is 3. The maximum Gasteiger partial charge on any atom is 0.573 e. The molecule has 0 bridgehead atoms. The summed E-state index contributed by atoms with van der Waals surface area (Å²) >= 11 is 0. The molecule has 0 aliphatic carbocycles. The first kappa shape index (κ1) is 19.2. The van der Waals surface area contributed by atoms with Gasteiger partial charge in [-0.3, -0.25) is 4.90 Å². The van der Waals surface area contributed by atoms with Gasteiger partial charge in [0.1, 0.15) is 5.75 Å². The Morgan fingerprint density at radius 2 is 1.61 bits per heavy atom. The van der Waals surface area contributed by atoms with Crippen molar-refractivity contribution in [2.24, 2.45) is 0 Å². The lowest BCUT2D eigenvalue weighted by Gasteiger charge is -2.46. The number of nitrogens with zero attached hydrogens (tertiary/aromatic N) is 2. The maximum atomic E-state index is 12.7. The van der Waals surface area contributed by atoms with Gasteiger partial charge in [-0.15, -0.1) is 13.2 Å². The van der Waals surface area contributed by atoms with E-state index in [9.17, 15) is 21.6 Å². The molecule has 1 saturated heterocycles. The van der Waals surface area contributed by atoms with Gasteiger partial charge in [0, 0.05) is 32.2 Å². The van der Waals surface area contributed by atoms with Gasteiger partial charge in [-0.2, -0.15) is 4.31 Å². The zero-order chi connectivity index (χ0) is 19.9. The number of sulfonamides is 1. The number of alkyl halides is 3. The van der Waals surface area contributed by atoms with Gasteiger partial charge in [0.15, 0.2) is 0 Å². The van der Waals surface area contributed by atoms with Gasteiger partial charge in [-0.25, -0.2) is 8.42 Å². The summed E-state index contributed by atoms with van der Waals surface area (Å²) in [6, 6.07) is 12.7. The van der Waals surface area contributed by atoms with Crippen molar-refractivity contribution >= 4 is 10.0 Å². The maximum absolute atomic E-state index is 12.7. The van der Waals surface area contributed by atoms with E-state index in [1.165, 1.54) is 15.4 Å². The normalized spacial score (nSPS) is 19.1. The highest BCUT2D eigenvalue weighted by atomic mass is 32.2. The minimum atomic E-state index is -4.81. The van der Waals surface area contributed by atoms with Gasteiger partial charge in [0.2, 0.25) is 10.0 Å². The second-order valence-corrected chi connectivity index (χ2v) is 8.92. The van der Waals surface area contributed by atoms with E-state index >= 15 is 0 Å². The van der Waals surface area contributed by atoms with E-state index in [1.54, 1.807) is 0 Å². The molecule has 0 atom stereocenters. The number of ether oxygens (including phenoxy) is 1. The molecule has 150 valence electrons. The third-order valence-corrected chi connectivity index (χ3v) is 7.05. The molecule has 5 nitrogen and oxygen atoms in total. The zero-order valence-corrected chi connectivity index (χ0v) is 15.7. The molecule has 2 aliphatic rings. The lowest BCUT2D eigenvalue weighted by molar-refractivity contribution is -0.274. The van der Waals surface area contributed by atoms with Crippen LogP contribution in [0.3, 0.4) is 0 Å². The standard InChI is InChI=1S/C19H19F3N2O3S/c20-19(21,22)27-17-5-7-18(8-6-17)28(25,26)24-12-16(13-24)23-10-9-14-3-1-2-4-15(14)11-23/h1-8,16H,9-13H2. The molecule has 0 spiro atoms. The Labute approximate surface area is 161 Å². The largest absolute Gasteiger partial charge is 0.573 e. The van der Waals surface area contributed by atoms with Crippen LogP contribution in [0.4, 0.5) is 13.2 Å². The summed E-state index contributed by atoms with van der Waals surface area (Å²) in [4.78, 5) is 2.25. The van der Waals surface area contributed by atoms with Gasteiger partial charge < -0.3 is 4.74 Å². The van der Waals surface area contributed by atoms with Crippen LogP contribution in [0, 0.1) is 0 Å². The van der Waals surface area contributed by atoms with Crippen molar-refractivity contribution in [3.8, 4) is 5.75 Å². The van der Waals surface area contributed by atoms with Crippen molar-refractivity contribution in [2.45, 2.75) is 30.3 Å². The van der Waals surface area contributed by atoms with E-state index < -0.39 is 22.1 Å². The number of rotatable bonds is 4. The molecule has 2 heterocycles. The Hall–Kier alpha value is -2.10. The van der Waals surface area contributed by atoms with E-state index in [-0.39, 0.29) is 10.9 Å². The molecule has 0 N–H and O–H groups in total. The summed E-state index contributed by atoms with van der Waals surface area (Å²) in [7, 11) is -3.72. The molecule has 2 aliphatic heterocycles. The molecular weight excluding hydrogens is 393 g/mol. The molecule has 2 aromatic carbocycles. The van der Waals surface area contributed by atoms with Crippen molar-refractivity contribution in [3.63, 3.8) is 0 Å². The second-order valence-electron chi connectivity index (χ2n) is 6.98. The average molecular weight is 412 g/mol. The van der Waals surface area contributed by atoms with Crippen molar-refractivity contribution in [3.05, 3.63) is 59.7 Å². The van der Waals surface area contributed by atoms with Crippen LogP contribution < -0.4 is 4.74 Å². The summed E-state index contributed by atoms with van der Waals surface area (Å²) in [5.74, 6) is -0.445. The molecule has 0 aromatic heterocycles. The van der Waals surface area contributed by atoms with Gasteiger partial charge in [-0.05, 0) is 41.8 Å². The van der Waals surface area contributed by atoms with Crippen LogP contribution >= 0.6 is 0 Å². The Morgan fingerprint density at radius 1 is 0.964 bits per heavy atom. The van der Waals surface area contributed by atoms with Gasteiger partial charge in [-0.1, -0.05) is 24.3 Å². The minimum Gasteiger partial charge on any atom is -0.406 e. The van der Waals surface area contributed by atoms with E-state index in [4.69, 9.17) is 0 Å². The number of hydrogen-bond acceptors (Lipinski definition) is 4. The van der Waals surface area contributed by atoms with Crippen LogP contribution in [0.2, 0.25) is 0 Å². The predicted octanol–water partition coefficient (Wildman–Crippen LogP) is 3.02. The summed E-state index contributed by atoms with van der Waals surface area (Å²) in [5, 5.41) is 0. The molecule has 4 rings (SSSR count). The predicted molar refractivity (Wildman–Crippen MR) is 96.2 cm³/mol. The highest BCUT2D eigenvalue weighted by molar-refractivity contribution is 7.89. The molecule has 9 heteroatoms. The van der Waals surface area contributed by atoms with E-state index in [0.29, 0.717) is 13.1 Å². The Morgan fingerprint density at radius 3 is 2.25 bits per heavy atom. The molecule has 0 amide bonds. The summed E-state index contributed by atoms with van der Waals surface area (Å²) in [5.41, 5.74) is 2.61. The second kappa shape index (κ2) is 7.06. The fraction of sp³-hybridized carbons (Fsp3) is 0.368. The first-order chi connectivity index (χ1) is 13.2. The highest BCUT2D eigenvalue weighted by Gasteiger charge is 2.40. The van der Waals surface area contributed by atoms with Crippen LogP contribution in [0.1, 0.15) is 11.1 Å². The van der Waals surface area contributed by atoms with Crippen molar-refractivity contribution in [1.82, 2.24) is 9.21 Å². The van der Waals surface area contributed by atoms with E-state index in [2.05, 4.69) is 21.8 Å². The average Bonchev–Trinajstić information content (AvgIpc) is 2.59. The Bertz CT molecular complexity index is 955. The summed E-state index contributed by atoms with van der Waals surface area (Å²) in [6.45, 7) is 2.45. The molecular formula is C19H19F3N2O3S. The summed E-state index contributed by atoms with van der Waals surface area (Å²) in [6.07, 6.45) is -3.86. The van der Waals surface area contributed by atoms with E-state index in [1.807, 2.05) is 12.1 Å². The van der Waals surface area contributed by atoms with Crippen LogP contribution in [0.15, 0.2) is 53.4 Å². The topological polar surface area (TPSA) is 49.9 Å². The Kier molecular flexibility index (Phi) is 4.84. The van der Waals surface area contributed by atoms with Crippen LogP contribution in [0.25, 0.3) is 0 Å². The van der Waals surface area contributed by atoms with Crippen LogP contribution in [-0.4, -0.2) is 49.7 Å². The van der Waals surface area contributed by atoms with Crippen LogP contribution in [-0.2, 0) is 23.0 Å². The third kappa shape index (κ3) is 3.87. The van der Waals surface area contributed by atoms with Crippen molar-refractivity contribution in [2.75, 3.05) is 19.6 Å². The lowest BCUT2D eigenvalue weighted by Crippen LogP contribution is -2.61. The summed E-state index contributed by atoms with van der Waals surface area (Å²) < 4.78 is 67.2. The molecule has 0 unspecified atom stereocenters. The number of benzene rings is 2. The molecule has 0 radical (unpaired) electrons. The van der Waals surface area contributed by atoms with Crippen molar-refractivity contribution < 1.29 is 26.3 Å². The Balaban J connectivity index is 1.38. The lowest BCUT2D eigenvalue weighted by atomic mass is 9.97. The van der Waals surface area contributed by atoms with E-state index in [0.717, 1.165) is 43.8 Å². The van der Waals surface area contributed by atoms with Gasteiger partial charge >= 0.3 is 6.36 Å². The molecule has 28 heavy (non-hydrogen) atoms. The van der Waals surface area contributed by atoms with Crippen LogP contribution in [0.5, 0.6) is 5.75 Å². The minimum absolute atomic E-state index is 0.0375. The third-order valence-electron chi connectivity index (χ3n) is 5.20. The first-order valence-corrected chi connectivity index (χ1v) is 10.3. The molecule has 2 aromatic rings. The first-order valence-electron chi connectivity index (χ1n) is 8.89. The van der Waals surface area contributed by atoms with Gasteiger partial charge in [0.25, 0.3) is 0 Å². The van der Waals surface area contributed by atoms with Gasteiger partial charge in [0.05, 0.1) is 4.90 Å². The smallest absolute Gasteiger partial charge is 0.406 e. The SMILES string of the molecule is O=S(=O)(c1ccc(OC(F)(F)F)cc1)N1CC(N2CCc3ccccc3C2)C1. The fourth-order valence-electron chi connectivity index (χ4n) is 3.64. The quantitative estimate of drug-likeness (QED) is 0.775. The highest BCUT2D eigenvalue weighted by Crippen LogP contribution is 2.30. The number of hydrogen-bond donors (Lipinski definition) is 0. The van der Waals surface area contributed by atoms with Crippen molar-refractivity contribution in [1.29, 1.82) is 0 Å². The fourth-order valence-corrected chi connectivity index (χ4v) is 5.15. The zero-order valence-electron chi connectivity index (χ0n) is 14.9. The monoisotopic (exact) mass is 412 g/mol. The number of fused-ring (bicyclic) bond motifs is 1.